The highest BCUT2D eigenvalue weighted by molar-refractivity contribution is 8.05. The van der Waals surface area contributed by atoms with E-state index in [9.17, 15) is 0 Å². The molecule has 1 aliphatic heterocycles. The lowest BCUT2D eigenvalue weighted by Crippen LogP contribution is -2.28. The summed E-state index contributed by atoms with van der Waals surface area (Å²) in [7, 11) is 0. The second kappa shape index (κ2) is 23.9. The maximum absolute atomic E-state index is 6.28. The molecule has 0 unspecified atom stereocenters. The Bertz CT molecular complexity index is 878. The van der Waals surface area contributed by atoms with Gasteiger partial charge < -0.3 is 0 Å². The van der Waals surface area contributed by atoms with Crippen molar-refractivity contribution in [1.82, 2.24) is 9.80 Å². The maximum Gasteiger partial charge on any atom is 0.0424 e. The number of hydrogen-bond acceptors (Lipinski definition) is 8. The van der Waals surface area contributed by atoms with Crippen LogP contribution in [0.2, 0.25) is 20.1 Å². The molecule has 2 nitrogen and oxygen atoms in total. The highest BCUT2D eigenvalue weighted by atomic mass is 35.5. The van der Waals surface area contributed by atoms with Crippen LogP contribution in [0.25, 0.3) is 0 Å². The van der Waals surface area contributed by atoms with Crippen molar-refractivity contribution in [2.75, 3.05) is 95.2 Å². The Hall–Kier alpha value is 1.62. The van der Waals surface area contributed by atoms with E-state index in [1.807, 2.05) is 12.1 Å². The molecule has 0 atom stereocenters. The number of thioether (sulfide) groups is 6. The minimum Gasteiger partial charge on any atom is -0.297 e. The minimum absolute atomic E-state index is 0.720. The molecule has 1 heterocycles. The van der Waals surface area contributed by atoms with Crippen LogP contribution in [-0.4, -0.2) is 105 Å². The second-order valence-electron chi connectivity index (χ2n) is 9.78. The second-order valence-corrected chi connectivity index (χ2v) is 18.9. The number of hydrogen-bond donors (Lipinski definition) is 0. The molecule has 236 valence electrons. The molecule has 0 N–H and O–H groups in total. The standard InChI is InChI=1S/C30H42Cl4N2S6/c31-27-17-25(18-28(32)21-27)23-35-1-5-37-9-13-41-15-11-39-7-3-36(24-26-19-29(33)22-30(34)20-26)4-8-40-12-16-42-14-10-38-6-2-35/h17-22H,1-16,23-24H2. The van der Waals surface area contributed by atoms with Crippen LogP contribution in [0.5, 0.6) is 0 Å². The monoisotopic (exact) mass is 762 g/mol. The fourth-order valence-corrected chi connectivity index (χ4v) is 12.0. The number of nitrogens with zero attached hydrogens (tertiary/aromatic N) is 2. The minimum atomic E-state index is 0.720. The quantitative estimate of drug-likeness (QED) is 0.300. The lowest BCUT2D eigenvalue weighted by Gasteiger charge is -2.23. The first-order valence-electron chi connectivity index (χ1n) is 14.3. The van der Waals surface area contributed by atoms with Gasteiger partial charge in [-0.2, -0.15) is 70.6 Å². The molecule has 0 saturated carbocycles. The summed E-state index contributed by atoms with van der Waals surface area (Å²) in [6.07, 6.45) is 0. The third-order valence-electron chi connectivity index (χ3n) is 6.35. The summed E-state index contributed by atoms with van der Waals surface area (Å²) in [6, 6.07) is 11.8. The summed E-state index contributed by atoms with van der Waals surface area (Å²) in [6.45, 7) is 6.20. The zero-order valence-corrected chi connectivity index (χ0v) is 32.0. The highest BCUT2D eigenvalue weighted by Crippen LogP contribution is 2.22. The van der Waals surface area contributed by atoms with E-state index in [-0.39, 0.29) is 0 Å². The van der Waals surface area contributed by atoms with Crippen molar-refractivity contribution in [2.45, 2.75) is 13.1 Å². The number of benzene rings is 2. The molecule has 1 aliphatic rings. The first-order chi connectivity index (χ1) is 20.5. The molecule has 1 saturated heterocycles. The fourth-order valence-electron chi connectivity index (χ4n) is 4.32. The first kappa shape index (κ1) is 38.1. The van der Waals surface area contributed by atoms with Gasteiger partial charge in [-0.05, 0) is 47.5 Å². The summed E-state index contributed by atoms with van der Waals surface area (Å²) in [5.41, 5.74) is 2.41. The van der Waals surface area contributed by atoms with Crippen molar-refractivity contribution in [2.24, 2.45) is 0 Å². The predicted molar refractivity (Wildman–Crippen MR) is 207 cm³/mol. The molecule has 3 rings (SSSR count). The van der Waals surface area contributed by atoms with Crippen LogP contribution in [0.3, 0.4) is 0 Å². The van der Waals surface area contributed by atoms with Gasteiger partial charge in [-0.1, -0.05) is 46.4 Å². The van der Waals surface area contributed by atoms with Gasteiger partial charge in [0, 0.05) is 128 Å². The van der Waals surface area contributed by atoms with Crippen LogP contribution in [0.1, 0.15) is 11.1 Å². The average molecular weight is 765 g/mol. The predicted octanol–water partition coefficient (Wildman–Crippen LogP) is 10.0. The Morgan fingerprint density at radius 2 is 0.619 bits per heavy atom. The third-order valence-corrected chi connectivity index (χ3v) is 14.1. The molecular weight excluding hydrogens is 723 g/mol. The molecule has 0 aromatic heterocycles. The average Bonchev–Trinajstić information content (AvgIpc) is 2.92. The van der Waals surface area contributed by atoms with Crippen molar-refractivity contribution in [1.29, 1.82) is 0 Å². The Balaban J connectivity index is 1.44. The van der Waals surface area contributed by atoms with Crippen LogP contribution < -0.4 is 0 Å². The van der Waals surface area contributed by atoms with Gasteiger partial charge in [0.15, 0.2) is 0 Å². The molecule has 0 aliphatic carbocycles. The van der Waals surface area contributed by atoms with E-state index in [1.54, 1.807) is 0 Å². The van der Waals surface area contributed by atoms with E-state index in [0.717, 1.165) is 82.4 Å². The molecular formula is C30H42Cl4N2S6. The van der Waals surface area contributed by atoms with Crippen molar-refractivity contribution >= 4 is 117 Å². The fraction of sp³-hybridized carbons (Fsp3) is 0.600. The van der Waals surface area contributed by atoms with Gasteiger partial charge in [0.05, 0.1) is 0 Å². The molecule has 42 heavy (non-hydrogen) atoms. The van der Waals surface area contributed by atoms with Gasteiger partial charge in [0.25, 0.3) is 0 Å². The molecule has 2 aromatic carbocycles. The Labute approximate surface area is 300 Å². The largest absolute Gasteiger partial charge is 0.297 e. The first-order valence-corrected chi connectivity index (χ1v) is 22.7. The summed E-state index contributed by atoms with van der Waals surface area (Å²) in [5.74, 6) is 14.4. The molecule has 1 fully saturated rings. The third kappa shape index (κ3) is 18.1. The Morgan fingerprint density at radius 3 is 0.881 bits per heavy atom. The van der Waals surface area contributed by atoms with E-state index >= 15 is 0 Å². The highest BCUT2D eigenvalue weighted by Gasteiger charge is 2.10. The Kier molecular flexibility index (Phi) is 21.6. The smallest absolute Gasteiger partial charge is 0.0424 e. The van der Waals surface area contributed by atoms with Crippen molar-refractivity contribution in [3.05, 3.63) is 67.6 Å². The molecule has 12 heteroatoms. The lowest BCUT2D eigenvalue weighted by molar-refractivity contribution is 0.301. The van der Waals surface area contributed by atoms with Gasteiger partial charge in [0.1, 0.15) is 0 Å². The topological polar surface area (TPSA) is 6.48 Å². The van der Waals surface area contributed by atoms with E-state index in [1.165, 1.54) is 57.1 Å². The van der Waals surface area contributed by atoms with Crippen LogP contribution in [0, 0.1) is 0 Å². The SMILES string of the molecule is Clc1cc(Cl)cc(CN2CCSCCSCCSCCN(Cc3cc(Cl)cc(Cl)c3)CCSCCSCCSCC2)c1. The summed E-state index contributed by atoms with van der Waals surface area (Å²) < 4.78 is 0. The van der Waals surface area contributed by atoms with Crippen molar-refractivity contribution in [3.63, 3.8) is 0 Å². The van der Waals surface area contributed by atoms with Crippen LogP contribution in [0.15, 0.2) is 36.4 Å². The van der Waals surface area contributed by atoms with Gasteiger partial charge in [-0.25, -0.2) is 0 Å². The van der Waals surface area contributed by atoms with E-state index in [2.05, 4.69) is 105 Å². The lowest BCUT2D eigenvalue weighted by atomic mass is 10.2. The Morgan fingerprint density at radius 1 is 0.381 bits per heavy atom. The number of rotatable bonds is 4. The molecule has 0 spiro atoms. The van der Waals surface area contributed by atoms with E-state index in [0.29, 0.717) is 0 Å². The summed E-state index contributed by atoms with van der Waals surface area (Å²) in [4.78, 5) is 5.14. The van der Waals surface area contributed by atoms with Gasteiger partial charge in [0.2, 0.25) is 0 Å². The van der Waals surface area contributed by atoms with Gasteiger partial charge in [-0.15, -0.1) is 0 Å². The molecule has 2 aromatic rings. The van der Waals surface area contributed by atoms with E-state index in [4.69, 9.17) is 46.4 Å². The van der Waals surface area contributed by atoms with Crippen LogP contribution >= 0.6 is 117 Å². The van der Waals surface area contributed by atoms with Gasteiger partial charge >= 0.3 is 0 Å². The molecule has 0 radical (unpaired) electrons. The van der Waals surface area contributed by atoms with E-state index < -0.39 is 0 Å². The number of halogens is 4. The van der Waals surface area contributed by atoms with Crippen molar-refractivity contribution in [3.8, 4) is 0 Å². The maximum atomic E-state index is 6.28. The zero-order chi connectivity index (χ0) is 29.8. The van der Waals surface area contributed by atoms with Gasteiger partial charge in [-0.3, -0.25) is 9.80 Å². The normalized spacial score (nSPS) is 19.7. The van der Waals surface area contributed by atoms with Crippen molar-refractivity contribution < 1.29 is 0 Å². The summed E-state index contributed by atoms with van der Waals surface area (Å²) in [5, 5.41) is 2.88. The zero-order valence-electron chi connectivity index (χ0n) is 24.0. The van der Waals surface area contributed by atoms with Crippen LogP contribution in [0.4, 0.5) is 0 Å². The molecule has 0 amide bonds. The molecule has 0 bridgehead atoms. The summed E-state index contributed by atoms with van der Waals surface area (Å²) >= 11 is 37.6. The van der Waals surface area contributed by atoms with Crippen LogP contribution in [-0.2, 0) is 13.1 Å².